The van der Waals surface area contributed by atoms with E-state index in [-0.39, 0.29) is 0 Å². The number of hydrogen-bond acceptors (Lipinski definition) is 2. The van der Waals surface area contributed by atoms with E-state index in [2.05, 4.69) is 43.0 Å². The summed E-state index contributed by atoms with van der Waals surface area (Å²) < 4.78 is 0. The van der Waals surface area contributed by atoms with Gasteiger partial charge in [-0.25, -0.2) is 0 Å². The number of hydrogen-bond donors (Lipinski definition) is 1. The first-order chi connectivity index (χ1) is 8.14. The first-order valence-electron chi connectivity index (χ1n) is 6.66. The van der Waals surface area contributed by atoms with E-state index in [9.17, 15) is 5.11 Å². The van der Waals surface area contributed by atoms with E-state index in [4.69, 9.17) is 0 Å². The van der Waals surface area contributed by atoms with E-state index in [0.29, 0.717) is 0 Å². The minimum absolute atomic E-state index is 0.613. The van der Waals surface area contributed by atoms with Crippen molar-refractivity contribution in [3.63, 3.8) is 0 Å². The summed E-state index contributed by atoms with van der Waals surface area (Å²) in [6.07, 6.45) is 2.81. The number of aliphatic hydroxyl groups is 1. The molecule has 1 aromatic rings. The molecule has 0 spiro atoms. The fourth-order valence-electron chi connectivity index (χ4n) is 2.64. The van der Waals surface area contributed by atoms with Crippen LogP contribution in [0.5, 0.6) is 0 Å². The molecule has 1 N–H and O–H groups in total. The van der Waals surface area contributed by atoms with E-state index in [1.807, 2.05) is 0 Å². The third-order valence-corrected chi connectivity index (χ3v) is 3.94. The monoisotopic (exact) mass is 233 g/mol. The van der Waals surface area contributed by atoms with Gasteiger partial charge in [-0.3, -0.25) is 0 Å². The van der Waals surface area contributed by atoms with Crippen LogP contribution in [0.4, 0.5) is 0 Å². The number of nitrogens with zero attached hydrogens (tertiary/aromatic N) is 1. The van der Waals surface area contributed by atoms with Crippen molar-refractivity contribution >= 4 is 0 Å². The van der Waals surface area contributed by atoms with Gasteiger partial charge in [0.1, 0.15) is 0 Å². The molecule has 0 bridgehead atoms. The quantitative estimate of drug-likeness (QED) is 0.849. The molecular formula is C15H23NO. The summed E-state index contributed by atoms with van der Waals surface area (Å²) in [4.78, 5) is 2.42. The minimum Gasteiger partial charge on any atom is -0.385 e. The van der Waals surface area contributed by atoms with Crippen LogP contribution in [0.3, 0.4) is 0 Å². The van der Waals surface area contributed by atoms with Crippen molar-refractivity contribution in [1.29, 1.82) is 0 Å². The summed E-state index contributed by atoms with van der Waals surface area (Å²) in [7, 11) is 0. The molecule has 1 aliphatic rings. The zero-order chi connectivity index (χ0) is 12.3. The van der Waals surface area contributed by atoms with Gasteiger partial charge in [0.15, 0.2) is 0 Å². The van der Waals surface area contributed by atoms with E-state index in [1.54, 1.807) is 0 Å². The predicted molar refractivity (Wildman–Crippen MR) is 71.0 cm³/mol. The number of benzene rings is 1. The minimum atomic E-state index is -0.613. The second kappa shape index (κ2) is 5.19. The van der Waals surface area contributed by atoms with Crippen molar-refractivity contribution in [3.8, 4) is 0 Å². The molecule has 0 aliphatic carbocycles. The van der Waals surface area contributed by atoms with E-state index in [1.165, 1.54) is 5.56 Å². The van der Waals surface area contributed by atoms with Crippen LogP contribution in [0, 0.1) is 6.92 Å². The van der Waals surface area contributed by atoms with Gasteiger partial charge < -0.3 is 10.0 Å². The second-order valence-corrected chi connectivity index (χ2v) is 5.19. The molecular weight excluding hydrogens is 210 g/mol. The van der Waals surface area contributed by atoms with Crippen LogP contribution in [-0.4, -0.2) is 29.6 Å². The maximum absolute atomic E-state index is 10.8. The van der Waals surface area contributed by atoms with Crippen molar-refractivity contribution in [3.05, 3.63) is 35.4 Å². The lowest BCUT2D eigenvalue weighted by molar-refractivity contribution is 0.0213. The third-order valence-electron chi connectivity index (χ3n) is 3.94. The second-order valence-electron chi connectivity index (χ2n) is 5.19. The summed E-state index contributed by atoms with van der Waals surface area (Å²) in [5.41, 5.74) is 1.72. The molecule has 94 valence electrons. The van der Waals surface area contributed by atoms with Crippen LogP contribution in [0.2, 0.25) is 0 Å². The average Bonchev–Trinajstić information content (AvgIpc) is 2.53. The van der Waals surface area contributed by atoms with E-state index < -0.39 is 5.60 Å². The SMILES string of the molecule is CCN1CCCC(O)(c2ccc(C)cc2)CC1. The van der Waals surface area contributed by atoms with Crippen LogP contribution in [-0.2, 0) is 5.60 Å². The summed E-state index contributed by atoms with van der Waals surface area (Å²) in [5, 5.41) is 10.8. The third kappa shape index (κ3) is 2.88. The van der Waals surface area contributed by atoms with Crippen molar-refractivity contribution < 1.29 is 5.11 Å². The summed E-state index contributed by atoms with van der Waals surface area (Å²) in [5.74, 6) is 0. The van der Waals surface area contributed by atoms with Crippen LogP contribution in [0.15, 0.2) is 24.3 Å². The Bertz CT molecular complexity index is 360. The van der Waals surface area contributed by atoms with E-state index >= 15 is 0 Å². The molecule has 2 rings (SSSR count). The lowest BCUT2D eigenvalue weighted by atomic mass is 9.86. The lowest BCUT2D eigenvalue weighted by Crippen LogP contribution is -2.29. The van der Waals surface area contributed by atoms with Crippen LogP contribution >= 0.6 is 0 Å². The maximum atomic E-state index is 10.8. The Morgan fingerprint density at radius 1 is 1.18 bits per heavy atom. The summed E-state index contributed by atoms with van der Waals surface area (Å²) >= 11 is 0. The molecule has 0 aromatic heterocycles. The Morgan fingerprint density at radius 3 is 2.53 bits per heavy atom. The molecule has 17 heavy (non-hydrogen) atoms. The molecule has 1 aromatic carbocycles. The largest absolute Gasteiger partial charge is 0.385 e. The summed E-state index contributed by atoms with van der Waals surface area (Å²) in [6.45, 7) is 7.48. The molecule has 2 nitrogen and oxygen atoms in total. The topological polar surface area (TPSA) is 23.5 Å². The van der Waals surface area contributed by atoms with Crippen molar-refractivity contribution in [2.24, 2.45) is 0 Å². The molecule has 0 saturated carbocycles. The highest BCUT2D eigenvalue weighted by atomic mass is 16.3. The molecule has 1 unspecified atom stereocenters. The Kier molecular flexibility index (Phi) is 3.85. The Morgan fingerprint density at radius 2 is 1.88 bits per heavy atom. The van der Waals surface area contributed by atoms with Crippen molar-refractivity contribution in [2.45, 2.75) is 38.7 Å². The van der Waals surface area contributed by atoms with Crippen LogP contribution < -0.4 is 0 Å². The van der Waals surface area contributed by atoms with Gasteiger partial charge in [-0.05, 0) is 44.8 Å². The molecule has 2 heteroatoms. The highest BCUT2D eigenvalue weighted by Gasteiger charge is 2.31. The van der Waals surface area contributed by atoms with Crippen molar-refractivity contribution in [1.82, 2.24) is 4.90 Å². The normalized spacial score (nSPS) is 26.8. The number of likely N-dealkylation sites (tertiary alicyclic amines) is 1. The molecule has 1 heterocycles. The van der Waals surface area contributed by atoms with Gasteiger partial charge in [0.2, 0.25) is 0 Å². The Hall–Kier alpha value is -0.860. The van der Waals surface area contributed by atoms with E-state index in [0.717, 1.165) is 44.5 Å². The predicted octanol–water partition coefficient (Wildman–Crippen LogP) is 2.69. The van der Waals surface area contributed by atoms with Gasteiger partial charge >= 0.3 is 0 Å². The Labute approximate surface area is 104 Å². The van der Waals surface area contributed by atoms with Crippen LogP contribution in [0.25, 0.3) is 0 Å². The average molecular weight is 233 g/mol. The Balaban J connectivity index is 2.15. The molecule has 1 saturated heterocycles. The van der Waals surface area contributed by atoms with Crippen LogP contribution in [0.1, 0.15) is 37.3 Å². The number of rotatable bonds is 2. The molecule has 1 atom stereocenters. The fourth-order valence-corrected chi connectivity index (χ4v) is 2.64. The van der Waals surface area contributed by atoms with Gasteiger partial charge in [-0.2, -0.15) is 0 Å². The highest BCUT2D eigenvalue weighted by molar-refractivity contribution is 5.26. The lowest BCUT2D eigenvalue weighted by Gasteiger charge is -2.27. The van der Waals surface area contributed by atoms with Gasteiger partial charge in [0.05, 0.1) is 5.60 Å². The number of aryl methyl sites for hydroxylation is 1. The summed E-state index contributed by atoms with van der Waals surface area (Å²) in [6, 6.07) is 8.35. The zero-order valence-corrected chi connectivity index (χ0v) is 10.9. The van der Waals surface area contributed by atoms with Gasteiger partial charge in [-0.1, -0.05) is 36.8 Å². The standard InChI is InChI=1S/C15H23NO/c1-3-16-11-4-9-15(17,10-12-16)14-7-5-13(2)6-8-14/h5-8,17H,3-4,9-12H2,1-2H3. The van der Waals surface area contributed by atoms with Crippen molar-refractivity contribution in [2.75, 3.05) is 19.6 Å². The zero-order valence-electron chi connectivity index (χ0n) is 10.9. The van der Waals surface area contributed by atoms with Gasteiger partial charge in [0.25, 0.3) is 0 Å². The smallest absolute Gasteiger partial charge is 0.0909 e. The molecule has 0 amide bonds. The first kappa shape index (κ1) is 12.6. The molecule has 1 fully saturated rings. The van der Waals surface area contributed by atoms with Gasteiger partial charge in [-0.15, -0.1) is 0 Å². The molecule has 0 radical (unpaired) electrons. The highest BCUT2D eigenvalue weighted by Crippen LogP contribution is 2.32. The van der Waals surface area contributed by atoms with Gasteiger partial charge in [0, 0.05) is 6.54 Å². The maximum Gasteiger partial charge on any atom is 0.0909 e. The first-order valence-corrected chi connectivity index (χ1v) is 6.66. The fraction of sp³-hybridized carbons (Fsp3) is 0.600. The molecule has 1 aliphatic heterocycles.